The topological polar surface area (TPSA) is 113 Å². The van der Waals surface area contributed by atoms with E-state index in [4.69, 9.17) is 21.4 Å². The van der Waals surface area contributed by atoms with E-state index >= 15 is 0 Å². The summed E-state index contributed by atoms with van der Waals surface area (Å²) in [5.74, 6) is -0.860. The average Bonchev–Trinajstić information content (AvgIpc) is 2.82. The van der Waals surface area contributed by atoms with Gasteiger partial charge in [0.05, 0.1) is 15.9 Å². The third kappa shape index (κ3) is 7.05. The number of benzene rings is 3. The first-order valence-corrected chi connectivity index (χ1v) is 12.9. The molecule has 0 aliphatic carbocycles. The Kier molecular flexibility index (Phi) is 8.56. The van der Waals surface area contributed by atoms with Crippen molar-refractivity contribution >= 4 is 27.4 Å². The second kappa shape index (κ2) is 11.2. The number of aliphatic hydroxyl groups is 1. The first-order valence-electron chi connectivity index (χ1n) is 11.0. The molecule has 0 amide bonds. The third-order valence-corrected chi connectivity index (χ3v) is 7.44. The summed E-state index contributed by atoms with van der Waals surface area (Å²) in [6, 6.07) is 19.4. The molecular formula is C26H28ClNO6S. The van der Waals surface area contributed by atoms with Gasteiger partial charge in [0.1, 0.15) is 5.75 Å². The third-order valence-electron chi connectivity index (χ3n) is 5.42. The molecule has 35 heavy (non-hydrogen) atoms. The lowest BCUT2D eigenvalue weighted by molar-refractivity contribution is -0.152. The van der Waals surface area contributed by atoms with Gasteiger partial charge in [-0.25, -0.2) is 13.2 Å². The van der Waals surface area contributed by atoms with Crippen molar-refractivity contribution in [2.75, 3.05) is 13.1 Å². The number of ether oxygens (including phenoxy) is 1. The zero-order valence-corrected chi connectivity index (χ0v) is 21.0. The quantitative estimate of drug-likeness (QED) is 0.325. The van der Waals surface area contributed by atoms with Crippen LogP contribution in [0, 0.1) is 0 Å². The molecule has 3 aromatic carbocycles. The lowest BCUT2D eigenvalue weighted by Crippen LogP contribution is -2.37. The molecule has 0 aliphatic heterocycles. The van der Waals surface area contributed by atoms with Crippen LogP contribution in [-0.4, -0.2) is 43.3 Å². The monoisotopic (exact) mass is 517 g/mol. The Morgan fingerprint density at radius 2 is 1.63 bits per heavy atom. The van der Waals surface area contributed by atoms with Crippen LogP contribution in [0.2, 0.25) is 5.02 Å². The van der Waals surface area contributed by atoms with Crippen LogP contribution < -0.4 is 10.1 Å². The molecule has 0 aliphatic rings. The largest absolute Gasteiger partial charge is 0.478 e. The van der Waals surface area contributed by atoms with Gasteiger partial charge >= 0.3 is 5.97 Å². The summed E-state index contributed by atoms with van der Waals surface area (Å²) >= 11 is 5.95. The van der Waals surface area contributed by atoms with E-state index in [1.54, 1.807) is 42.5 Å². The van der Waals surface area contributed by atoms with Gasteiger partial charge in [-0.15, -0.1) is 0 Å². The van der Waals surface area contributed by atoms with Crippen LogP contribution in [0.25, 0.3) is 0 Å². The average molecular weight is 518 g/mol. The Hall–Kier alpha value is -2.91. The van der Waals surface area contributed by atoms with Crippen LogP contribution in [0.3, 0.4) is 0 Å². The summed E-state index contributed by atoms with van der Waals surface area (Å²) in [6.45, 7) is 3.81. The Morgan fingerprint density at radius 3 is 2.20 bits per heavy atom. The number of hydrogen-bond donors (Lipinski definition) is 3. The SMILES string of the molecule is CC(C)(Oc1ccc(S(=O)(=O)c2ccc(CCNC[C@H](O)c3cccc(Cl)c3)cc2)cc1)C(=O)O. The van der Waals surface area contributed by atoms with E-state index in [9.17, 15) is 18.3 Å². The predicted molar refractivity (Wildman–Crippen MR) is 134 cm³/mol. The van der Waals surface area contributed by atoms with Gasteiger partial charge in [-0.2, -0.15) is 0 Å². The Balaban J connectivity index is 1.56. The van der Waals surface area contributed by atoms with Crippen molar-refractivity contribution in [3.05, 3.63) is 88.9 Å². The van der Waals surface area contributed by atoms with Gasteiger partial charge in [0.2, 0.25) is 9.84 Å². The van der Waals surface area contributed by atoms with Crippen LogP contribution in [-0.2, 0) is 21.1 Å². The first kappa shape index (κ1) is 26.7. The fraction of sp³-hybridized carbons (Fsp3) is 0.269. The van der Waals surface area contributed by atoms with Gasteiger partial charge in [0, 0.05) is 11.6 Å². The van der Waals surface area contributed by atoms with Crippen LogP contribution in [0.15, 0.2) is 82.6 Å². The van der Waals surface area contributed by atoms with Crippen LogP contribution in [0.4, 0.5) is 0 Å². The maximum absolute atomic E-state index is 13.0. The minimum absolute atomic E-state index is 0.0856. The smallest absolute Gasteiger partial charge is 0.347 e. The number of hydrogen-bond acceptors (Lipinski definition) is 6. The fourth-order valence-corrected chi connectivity index (χ4v) is 4.76. The normalized spacial score (nSPS) is 12.8. The molecule has 3 aromatic rings. The molecule has 0 fully saturated rings. The molecule has 0 saturated heterocycles. The number of carbonyl (C=O) groups is 1. The van der Waals surface area contributed by atoms with Crippen molar-refractivity contribution in [1.82, 2.24) is 5.32 Å². The van der Waals surface area contributed by atoms with E-state index in [1.807, 2.05) is 6.07 Å². The fourth-order valence-electron chi connectivity index (χ4n) is 3.30. The van der Waals surface area contributed by atoms with Crippen molar-refractivity contribution < 1.29 is 28.2 Å². The molecule has 1 atom stereocenters. The highest BCUT2D eigenvalue weighted by molar-refractivity contribution is 7.91. The zero-order chi connectivity index (χ0) is 25.6. The molecule has 186 valence electrons. The number of carboxylic acids is 1. The number of aliphatic carboxylic acids is 1. The Bertz CT molecular complexity index is 1260. The second-order valence-corrected chi connectivity index (χ2v) is 10.9. The highest BCUT2D eigenvalue weighted by Gasteiger charge is 2.29. The summed E-state index contributed by atoms with van der Waals surface area (Å²) < 4.78 is 31.3. The number of nitrogens with one attached hydrogen (secondary N) is 1. The number of rotatable bonds is 11. The van der Waals surface area contributed by atoms with Crippen molar-refractivity contribution in [2.45, 2.75) is 41.8 Å². The van der Waals surface area contributed by atoms with E-state index in [0.29, 0.717) is 24.5 Å². The number of aliphatic hydroxyl groups excluding tert-OH is 1. The van der Waals surface area contributed by atoms with E-state index in [1.165, 1.54) is 38.1 Å². The molecule has 3 rings (SSSR count). The van der Waals surface area contributed by atoms with Gasteiger partial charge < -0.3 is 20.3 Å². The summed E-state index contributed by atoms with van der Waals surface area (Å²) in [5, 5.41) is 23.2. The summed E-state index contributed by atoms with van der Waals surface area (Å²) in [6.07, 6.45) is -0.0123. The van der Waals surface area contributed by atoms with E-state index < -0.39 is 27.5 Å². The number of carboxylic acid groups (broad SMARTS) is 1. The van der Waals surface area contributed by atoms with Gasteiger partial charge in [0.15, 0.2) is 5.60 Å². The van der Waals surface area contributed by atoms with Crippen molar-refractivity contribution in [3.8, 4) is 5.75 Å². The second-order valence-electron chi connectivity index (χ2n) is 8.56. The molecule has 0 saturated carbocycles. The van der Waals surface area contributed by atoms with E-state index in [0.717, 1.165) is 11.1 Å². The molecule has 0 spiro atoms. The van der Waals surface area contributed by atoms with Crippen molar-refractivity contribution in [2.24, 2.45) is 0 Å². The Labute approximate surface area is 210 Å². The molecule has 0 radical (unpaired) electrons. The van der Waals surface area contributed by atoms with Crippen LogP contribution in [0.5, 0.6) is 5.75 Å². The van der Waals surface area contributed by atoms with Crippen LogP contribution in [0.1, 0.15) is 31.1 Å². The Morgan fingerprint density at radius 1 is 1.03 bits per heavy atom. The van der Waals surface area contributed by atoms with Crippen molar-refractivity contribution in [1.29, 1.82) is 0 Å². The molecule has 0 unspecified atom stereocenters. The number of halogens is 1. The van der Waals surface area contributed by atoms with Gasteiger partial charge in [-0.3, -0.25) is 0 Å². The lowest BCUT2D eigenvalue weighted by Gasteiger charge is -2.21. The number of sulfone groups is 1. The minimum atomic E-state index is -3.73. The van der Waals surface area contributed by atoms with E-state index in [-0.39, 0.29) is 15.5 Å². The molecule has 0 heterocycles. The molecule has 9 heteroatoms. The summed E-state index contributed by atoms with van der Waals surface area (Å²) in [4.78, 5) is 11.4. The molecule has 0 bridgehead atoms. The standard InChI is InChI=1S/C26H28ClNO6S/c1-26(2,25(30)31)34-21-8-12-23(13-9-21)35(32,33)22-10-6-18(7-11-22)14-15-28-17-24(29)19-4-3-5-20(27)16-19/h3-13,16,24,28-29H,14-15,17H2,1-2H3,(H,30,31)/t24-/m0/s1. The van der Waals surface area contributed by atoms with Gasteiger partial charge in [-0.05, 0) is 86.5 Å². The summed E-state index contributed by atoms with van der Waals surface area (Å²) in [5.41, 5.74) is 0.261. The summed E-state index contributed by atoms with van der Waals surface area (Å²) in [7, 11) is -3.73. The highest BCUT2D eigenvalue weighted by Crippen LogP contribution is 2.25. The van der Waals surface area contributed by atoms with Gasteiger partial charge in [-0.1, -0.05) is 35.9 Å². The minimum Gasteiger partial charge on any atom is -0.478 e. The maximum Gasteiger partial charge on any atom is 0.347 e. The zero-order valence-electron chi connectivity index (χ0n) is 19.4. The predicted octanol–water partition coefficient (Wildman–Crippen LogP) is 4.28. The van der Waals surface area contributed by atoms with Crippen LogP contribution >= 0.6 is 11.6 Å². The van der Waals surface area contributed by atoms with Crippen molar-refractivity contribution in [3.63, 3.8) is 0 Å². The van der Waals surface area contributed by atoms with Gasteiger partial charge in [0.25, 0.3) is 0 Å². The maximum atomic E-state index is 13.0. The highest BCUT2D eigenvalue weighted by atomic mass is 35.5. The molecule has 7 nitrogen and oxygen atoms in total. The molecule has 0 aromatic heterocycles. The van der Waals surface area contributed by atoms with E-state index in [2.05, 4.69) is 5.32 Å². The molecule has 3 N–H and O–H groups in total. The first-order chi connectivity index (χ1) is 16.5. The molecular weight excluding hydrogens is 490 g/mol. The lowest BCUT2D eigenvalue weighted by atomic mass is 10.1.